The predicted molar refractivity (Wildman–Crippen MR) is 159 cm³/mol. The molecule has 10 heteroatoms. The van der Waals surface area contributed by atoms with Crippen LogP contribution in [0.2, 0.25) is 0 Å². The summed E-state index contributed by atoms with van der Waals surface area (Å²) in [5.74, 6) is -0.193. The van der Waals surface area contributed by atoms with Crippen LogP contribution < -0.4 is 15.8 Å². The number of nitriles is 2. The van der Waals surface area contributed by atoms with Crippen LogP contribution >= 0.6 is 0 Å². The third-order valence-electron chi connectivity index (χ3n) is 7.97. The van der Waals surface area contributed by atoms with Crippen molar-refractivity contribution in [1.29, 1.82) is 10.5 Å². The maximum atomic E-state index is 12.9. The van der Waals surface area contributed by atoms with E-state index >= 15 is 0 Å². The number of fused-ring (bicyclic) bond motifs is 1. The van der Waals surface area contributed by atoms with Gasteiger partial charge in [0.25, 0.3) is 5.56 Å². The molecule has 2 aromatic heterocycles. The maximum absolute atomic E-state index is 12.9. The molecule has 2 aliphatic rings. The first kappa shape index (κ1) is 30.0. The zero-order chi connectivity index (χ0) is 29.5. The first-order valence-electron chi connectivity index (χ1n) is 14.1. The number of hydrogen-bond acceptors (Lipinski definition) is 8. The third-order valence-corrected chi connectivity index (χ3v) is 7.97. The Morgan fingerprint density at radius 3 is 2.56 bits per heavy atom. The monoisotopic (exact) mass is 559 g/mol. The number of rotatable bonds is 5. The van der Waals surface area contributed by atoms with Gasteiger partial charge in [-0.3, -0.25) is 4.79 Å². The van der Waals surface area contributed by atoms with Gasteiger partial charge in [-0.25, -0.2) is 9.37 Å². The van der Waals surface area contributed by atoms with Gasteiger partial charge in [-0.1, -0.05) is 19.3 Å². The summed E-state index contributed by atoms with van der Waals surface area (Å²) in [6.07, 6.45) is 5.81. The first-order valence-corrected chi connectivity index (χ1v) is 14.1. The first-order chi connectivity index (χ1) is 19.7. The standard InChI is InChI=1S/C18H19N5O.C13H19FN2O/c1-22(13-6-4-3-5-7-13)17-14(11-20)18(24)23(2)15-9-8-12(10-19)21-16(15)17;1-10-7-11(14)3-4-13(10)15-8-12-9-16(2)5-6-17-12/h8-9,13H,3-7H2,1-2H3;3-4,7,12,15H,5-6,8-9H2,1-2H3. The SMILES string of the molecule is CN(c1c(C#N)c(=O)n(C)c2ccc(C#N)nc12)C1CCCCC1.Cc1cc(F)ccc1NCC1CN(C)CCO1. The smallest absolute Gasteiger partial charge is 0.270 e. The van der Waals surface area contributed by atoms with E-state index in [1.807, 2.05) is 24.9 Å². The Labute approximate surface area is 240 Å². The molecular formula is C31H38FN7O2. The van der Waals surface area contributed by atoms with Crippen molar-refractivity contribution in [3.8, 4) is 12.1 Å². The summed E-state index contributed by atoms with van der Waals surface area (Å²) >= 11 is 0. The van der Waals surface area contributed by atoms with Crippen molar-refractivity contribution in [1.82, 2.24) is 14.5 Å². The number of ether oxygens (including phenoxy) is 1. The van der Waals surface area contributed by atoms with Gasteiger partial charge in [-0.05, 0) is 62.7 Å². The Kier molecular flexibility index (Phi) is 9.93. The van der Waals surface area contributed by atoms with E-state index in [2.05, 4.69) is 28.3 Å². The quantitative estimate of drug-likeness (QED) is 0.492. The summed E-state index contributed by atoms with van der Waals surface area (Å²) in [5.41, 5.74) is 3.69. The van der Waals surface area contributed by atoms with Gasteiger partial charge in [0, 0.05) is 45.5 Å². The van der Waals surface area contributed by atoms with Crippen molar-refractivity contribution < 1.29 is 9.13 Å². The summed E-state index contributed by atoms with van der Waals surface area (Å²) in [6.45, 7) is 5.38. The number of likely N-dealkylation sites (N-methyl/N-ethyl adjacent to an activating group) is 1. The molecule has 0 radical (unpaired) electrons. The molecule has 0 bridgehead atoms. The van der Waals surface area contributed by atoms with E-state index in [4.69, 9.17) is 10.00 Å². The van der Waals surface area contributed by atoms with Gasteiger partial charge < -0.3 is 24.4 Å². The van der Waals surface area contributed by atoms with Crippen LogP contribution in [0.15, 0.2) is 35.1 Å². The van der Waals surface area contributed by atoms with E-state index in [0.717, 1.165) is 63.2 Å². The van der Waals surface area contributed by atoms with E-state index in [1.165, 1.54) is 23.1 Å². The topological polar surface area (TPSA) is 110 Å². The van der Waals surface area contributed by atoms with E-state index < -0.39 is 0 Å². The van der Waals surface area contributed by atoms with Gasteiger partial charge in [0.05, 0.1) is 23.9 Å². The number of nitrogens with one attached hydrogen (secondary N) is 1. The van der Waals surface area contributed by atoms with Gasteiger partial charge in [0.2, 0.25) is 0 Å². The lowest BCUT2D eigenvalue weighted by molar-refractivity contribution is -0.0117. The molecular weight excluding hydrogens is 521 g/mol. The Morgan fingerprint density at radius 1 is 1.15 bits per heavy atom. The lowest BCUT2D eigenvalue weighted by atomic mass is 9.93. The molecule has 1 saturated heterocycles. The van der Waals surface area contributed by atoms with Crippen LogP contribution in [0.25, 0.3) is 11.0 Å². The highest BCUT2D eigenvalue weighted by molar-refractivity contribution is 5.92. The Morgan fingerprint density at radius 2 is 1.90 bits per heavy atom. The molecule has 216 valence electrons. The number of morpholine rings is 1. The van der Waals surface area contributed by atoms with Gasteiger partial charge in [0.1, 0.15) is 34.7 Å². The summed E-state index contributed by atoms with van der Waals surface area (Å²) < 4.78 is 20.0. The molecule has 41 heavy (non-hydrogen) atoms. The number of halogens is 1. The molecule has 1 aliphatic heterocycles. The number of benzene rings is 1. The highest BCUT2D eigenvalue weighted by atomic mass is 19.1. The van der Waals surface area contributed by atoms with Crippen LogP contribution in [0.3, 0.4) is 0 Å². The molecule has 5 rings (SSSR count). The fourth-order valence-corrected chi connectivity index (χ4v) is 5.59. The molecule has 1 aromatic carbocycles. The average molecular weight is 560 g/mol. The van der Waals surface area contributed by atoms with Crippen LogP contribution in [0.1, 0.15) is 48.9 Å². The molecule has 0 spiro atoms. The number of pyridine rings is 2. The minimum Gasteiger partial charge on any atom is -0.382 e. The minimum atomic E-state index is -0.325. The van der Waals surface area contributed by atoms with Crippen LogP contribution in [-0.4, -0.2) is 66.9 Å². The van der Waals surface area contributed by atoms with Gasteiger partial charge in [-0.2, -0.15) is 10.5 Å². The molecule has 3 heterocycles. The summed E-state index contributed by atoms with van der Waals surface area (Å²) in [6, 6.07) is 12.5. The van der Waals surface area contributed by atoms with Crippen molar-refractivity contribution in [2.24, 2.45) is 7.05 Å². The lowest BCUT2D eigenvalue weighted by Crippen LogP contribution is -2.43. The molecule has 9 nitrogen and oxygen atoms in total. The molecule has 3 aromatic rings. The molecule has 1 atom stereocenters. The normalized spacial score (nSPS) is 17.7. The van der Waals surface area contributed by atoms with Crippen molar-refractivity contribution in [2.45, 2.75) is 51.2 Å². The number of aryl methyl sites for hydroxylation is 2. The van der Waals surface area contributed by atoms with E-state index in [-0.39, 0.29) is 34.8 Å². The lowest BCUT2D eigenvalue weighted by Gasteiger charge is -2.33. The largest absolute Gasteiger partial charge is 0.382 e. The number of hydrogen-bond donors (Lipinski definition) is 1. The minimum absolute atomic E-state index is 0.0978. The van der Waals surface area contributed by atoms with Crippen molar-refractivity contribution in [2.75, 3.05) is 50.6 Å². The second-order valence-electron chi connectivity index (χ2n) is 10.9. The Hall–Kier alpha value is -3.99. The van der Waals surface area contributed by atoms with Gasteiger partial charge in [-0.15, -0.1) is 0 Å². The van der Waals surface area contributed by atoms with Crippen LogP contribution in [0.4, 0.5) is 15.8 Å². The maximum Gasteiger partial charge on any atom is 0.270 e. The zero-order valence-corrected chi connectivity index (χ0v) is 24.3. The summed E-state index contributed by atoms with van der Waals surface area (Å²) in [7, 11) is 5.65. The third kappa shape index (κ3) is 7.02. The molecule has 1 aliphatic carbocycles. The fourth-order valence-electron chi connectivity index (χ4n) is 5.59. The number of anilines is 2. The van der Waals surface area contributed by atoms with Crippen LogP contribution in [0, 0.1) is 35.4 Å². The molecule has 2 fully saturated rings. The van der Waals surface area contributed by atoms with Crippen molar-refractivity contribution in [3.05, 3.63) is 63.3 Å². The second-order valence-corrected chi connectivity index (χ2v) is 10.9. The highest BCUT2D eigenvalue weighted by Gasteiger charge is 2.26. The molecule has 1 saturated carbocycles. The van der Waals surface area contributed by atoms with E-state index in [1.54, 1.807) is 25.2 Å². The predicted octanol–water partition coefficient (Wildman–Crippen LogP) is 4.32. The molecule has 1 N–H and O–H groups in total. The number of nitrogens with zero attached hydrogens (tertiary/aromatic N) is 6. The Balaban J connectivity index is 0.000000201. The zero-order valence-electron chi connectivity index (χ0n) is 24.3. The van der Waals surface area contributed by atoms with Crippen LogP contribution in [-0.2, 0) is 11.8 Å². The summed E-state index contributed by atoms with van der Waals surface area (Å²) in [4.78, 5) is 21.3. The van der Waals surface area contributed by atoms with Crippen molar-refractivity contribution >= 4 is 22.4 Å². The van der Waals surface area contributed by atoms with Crippen molar-refractivity contribution in [3.63, 3.8) is 0 Å². The highest BCUT2D eigenvalue weighted by Crippen LogP contribution is 2.32. The van der Waals surface area contributed by atoms with Gasteiger partial charge in [0.15, 0.2) is 0 Å². The second kappa shape index (κ2) is 13.6. The van der Waals surface area contributed by atoms with E-state index in [9.17, 15) is 14.4 Å². The summed E-state index contributed by atoms with van der Waals surface area (Å²) in [5, 5.41) is 22.1. The van der Waals surface area contributed by atoms with E-state index in [0.29, 0.717) is 16.7 Å². The Bertz CT molecular complexity index is 1520. The molecule has 0 amide bonds. The van der Waals surface area contributed by atoms with Crippen LogP contribution in [0.5, 0.6) is 0 Å². The average Bonchev–Trinajstić information content (AvgIpc) is 2.98. The molecule has 1 unspecified atom stereocenters. The van der Waals surface area contributed by atoms with Gasteiger partial charge >= 0.3 is 0 Å². The fraction of sp³-hybridized carbons (Fsp3) is 0.484. The number of aromatic nitrogens is 2.